The van der Waals surface area contributed by atoms with Crippen LogP contribution in [-0.2, 0) is 6.18 Å². The SMILES string of the molecule is CC(=O)c1ccc(NC(=O)c2c[nH]c3cc(C(F)(F)F)ccc3c2=O)cc1. The lowest BCUT2D eigenvalue weighted by atomic mass is 10.1. The van der Waals surface area contributed by atoms with Gasteiger partial charge >= 0.3 is 6.18 Å². The van der Waals surface area contributed by atoms with Crippen LogP contribution in [0.15, 0.2) is 53.5 Å². The van der Waals surface area contributed by atoms with E-state index < -0.39 is 23.1 Å². The number of amides is 1. The lowest BCUT2D eigenvalue weighted by molar-refractivity contribution is -0.137. The summed E-state index contributed by atoms with van der Waals surface area (Å²) in [5, 5.41) is 2.49. The average Bonchev–Trinajstić information content (AvgIpc) is 2.61. The number of Topliss-reactive ketones (excluding diaryl/α,β-unsaturated/α-hetero) is 1. The Balaban J connectivity index is 1.92. The van der Waals surface area contributed by atoms with Gasteiger partial charge in [-0.25, -0.2) is 0 Å². The van der Waals surface area contributed by atoms with Crippen LogP contribution in [0.3, 0.4) is 0 Å². The highest BCUT2D eigenvalue weighted by Gasteiger charge is 2.30. The van der Waals surface area contributed by atoms with Gasteiger partial charge < -0.3 is 10.3 Å². The standard InChI is InChI=1S/C19H13F3N2O3/c1-10(25)11-2-5-13(6-3-11)24-18(27)15-9-23-16-8-12(19(20,21)22)4-7-14(16)17(15)26/h2-9H,1H3,(H,23,26)(H,24,27). The number of hydrogen-bond donors (Lipinski definition) is 2. The molecule has 0 aliphatic carbocycles. The van der Waals surface area contributed by atoms with Gasteiger partial charge in [0.1, 0.15) is 5.56 Å². The average molecular weight is 374 g/mol. The summed E-state index contributed by atoms with van der Waals surface area (Å²) in [4.78, 5) is 38.6. The Morgan fingerprint density at radius 3 is 2.30 bits per heavy atom. The van der Waals surface area contributed by atoms with E-state index in [9.17, 15) is 27.6 Å². The summed E-state index contributed by atoms with van der Waals surface area (Å²) in [6.07, 6.45) is -3.46. The molecule has 2 N–H and O–H groups in total. The van der Waals surface area contributed by atoms with Crippen molar-refractivity contribution in [2.45, 2.75) is 13.1 Å². The van der Waals surface area contributed by atoms with Crippen molar-refractivity contribution in [1.29, 1.82) is 0 Å². The van der Waals surface area contributed by atoms with Crippen LogP contribution in [0.4, 0.5) is 18.9 Å². The van der Waals surface area contributed by atoms with Crippen molar-refractivity contribution < 1.29 is 22.8 Å². The number of carbonyl (C=O) groups is 2. The molecule has 2 aromatic carbocycles. The van der Waals surface area contributed by atoms with Gasteiger partial charge in [0.05, 0.1) is 5.56 Å². The summed E-state index contributed by atoms with van der Waals surface area (Å²) >= 11 is 0. The van der Waals surface area contributed by atoms with Gasteiger partial charge in [-0.3, -0.25) is 14.4 Å². The number of hydrogen-bond acceptors (Lipinski definition) is 3. The van der Waals surface area contributed by atoms with Crippen LogP contribution in [0.25, 0.3) is 10.9 Å². The van der Waals surface area contributed by atoms with Gasteiger partial charge in [-0.05, 0) is 49.4 Å². The lowest BCUT2D eigenvalue weighted by Gasteiger charge is -2.09. The molecule has 138 valence electrons. The minimum absolute atomic E-state index is 0.0165. The summed E-state index contributed by atoms with van der Waals surface area (Å²) in [5.74, 6) is -0.842. The van der Waals surface area contributed by atoms with E-state index in [0.717, 1.165) is 24.4 Å². The fourth-order valence-electron chi connectivity index (χ4n) is 2.55. The Hall–Kier alpha value is -3.42. The molecule has 0 spiro atoms. The smallest absolute Gasteiger partial charge is 0.360 e. The van der Waals surface area contributed by atoms with Gasteiger partial charge in [0.15, 0.2) is 5.78 Å². The van der Waals surface area contributed by atoms with Gasteiger partial charge in [-0.2, -0.15) is 13.2 Å². The van der Waals surface area contributed by atoms with E-state index in [1.54, 1.807) is 0 Å². The van der Waals surface area contributed by atoms with Crippen LogP contribution < -0.4 is 10.7 Å². The second kappa shape index (κ2) is 6.71. The molecule has 0 radical (unpaired) electrons. The quantitative estimate of drug-likeness (QED) is 0.680. The Morgan fingerprint density at radius 2 is 1.70 bits per heavy atom. The van der Waals surface area contributed by atoms with Crippen molar-refractivity contribution in [3.63, 3.8) is 0 Å². The molecule has 0 saturated heterocycles. The number of benzene rings is 2. The molecule has 27 heavy (non-hydrogen) atoms. The number of nitrogens with one attached hydrogen (secondary N) is 2. The summed E-state index contributed by atoms with van der Waals surface area (Å²) in [5.41, 5.74) is -0.993. The van der Waals surface area contributed by atoms with E-state index in [2.05, 4.69) is 10.3 Å². The molecule has 0 saturated carbocycles. The first kappa shape index (κ1) is 18.4. The molecule has 1 heterocycles. The number of halogens is 3. The van der Waals surface area contributed by atoms with Crippen molar-refractivity contribution in [3.05, 3.63) is 75.6 Å². The molecule has 1 aromatic heterocycles. The summed E-state index contributed by atoms with van der Waals surface area (Å²) < 4.78 is 38.3. The largest absolute Gasteiger partial charge is 0.416 e. The monoisotopic (exact) mass is 374 g/mol. The number of fused-ring (bicyclic) bond motifs is 1. The van der Waals surface area contributed by atoms with Crippen molar-refractivity contribution in [2.24, 2.45) is 0 Å². The molecule has 3 rings (SSSR count). The topological polar surface area (TPSA) is 79.0 Å². The Morgan fingerprint density at radius 1 is 1.04 bits per heavy atom. The fourth-order valence-corrected chi connectivity index (χ4v) is 2.55. The van der Waals surface area contributed by atoms with Crippen LogP contribution in [0.1, 0.15) is 33.2 Å². The van der Waals surface area contributed by atoms with E-state index in [1.807, 2.05) is 0 Å². The molecular weight excluding hydrogens is 361 g/mol. The van der Waals surface area contributed by atoms with Crippen LogP contribution in [0.5, 0.6) is 0 Å². The Labute approximate surface area is 150 Å². The second-order valence-corrected chi connectivity index (χ2v) is 5.88. The maximum absolute atomic E-state index is 12.8. The molecule has 3 aromatic rings. The molecule has 0 aliphatic rings. The zero-order chi connectivity index (χ0) is 19.8. The fraction of sp³-hybridized carbons (Fsp3) is 0.105. The highest BCUT2D eigenvalue weighted by molar-refractivity contribution is 6.06. The molecule has 1 amide bonds. The van der Waals surface area contributed by atoms with Crippen molar-refractivity contribution in [3.8, 4) is 0 Å². The first-order chi connectivity index (χ1) is 12.7. The minimum Gasteiger partial charge on any atom is -0.360 e. The summed E-state index contributed by atoms with van der Waals surface area (Å²) in [6, 6.07) is 8.73. The van der Waals surface area contributed by atoms with Crippen LogP contribution in [0.2, 0.25) is 0 Å². The van der Waals surface area contributed by atoms with Crippen molar-refractivity contribution >= 4 is 28.3 Å². The van der Waals surface area contributed by atoms with E-state index in [1.165, 1.54) is 31.2 Å². The third kappa shape index (κ3) is 3.74. The highest BCUT2D eigenvalue weighted by atomic mass is 19.4. The molecule has 0 fully saturated rings. The minimum atomic E-state index is -4.53. The number of alkyl halides is 3. The van der Waals surface area contributed by atoms with Gasteiger partial charge in [0.2, 0.25) is 5.43 Å². The molecular formula is C19H13F3N2O3. The molecule has 8 heteroatoms. The molecule has 0 unspecified atom stereocenters. The number of ketones is 1. The molecule has 0 atom stereocenters. The molecule has 0 aliphatic heterocycles. The van der Waals surface area contributed by atoms with Gasteiger partial charge in [0.25, 0.3) is 5.91 Å². The third-order valence-electron chi connectivity index (χ3n) is 4.00. The maximum atomic E-state index is 12.8. The Bertz CT molecular complexity index is 1100. The number of aromatic nitrogens is 1. The summed E-state index contributed by atoms with van der Waals surface area (Å²) in [6.45, 7) is 1.41. The number of anilines is 1. The maximum Gasteiger partial charge on any atom is 0.416 e. The number of aromatic amines is 1. The zero-order valence-corrected chi connectivity index (χ0v) is 14.0. The number of rotatable bonds is 3. The van der Waals surface area contributed by atoms with E-state index in [0.29, 0.717) is 11.3 Å². The Kier molecular flexibility index (Phi) is 4.57. The number of pyridine rings is 1. The second-order valence-electron chi connectivity index (χ2n) is 5.88. The van der Waals surface area contributed by atoms with Crippen molar-refractivity contribution in [1.82, 2.24) is 4.98 Å². The number of carbonyl (C=O) groups excluding carboxylic acids is 2. The molecule has 0 bridgehead atoms. The van der Waals surface area contributed by atoms with Crippen LogP contribution in [-0.4, -0.2) is 16.7 Å². The zero-order valence-electron chi connectivity index (χ0n) is 14.0. The van der Waals surface area contributed by atoms with Crippen molar-refractivity contribution in [2.75, 3.05) is 5.32 Å². The number of H-pyrrole nitrogens is 1. The molecule has 5 nitrogen and oxygen atoms in total. The van der Waals surface area contributed by atoms with Crippen LogP contribution >= 0.6 is 0 Å². The van der Waals surface area contributed by atoms with Gasteiger partial charge in [0, 0.05) is 28.4 Å². The van der Waals surface area contributed by atoms with E-state index in [-0.39, 0.29) is 22.2 Å². The summed E-state index contributed by atoms with van der Waals surface area (Å²) in [7, 11) is 0. The predicted octanol–water partition coefficient (Wildman–Crippen LogP) is 4.00. The van der Waals surface area contributed by atoms with E-state index >= 15 is 0 Å². The lowest BCUT2D eigenvalue weighted by Crippen LogP contribution is -2.22. The highest BCUT2D eigenvalue weighted by Crippen LogP contribution is 2.30. The third-order valence-corrected chi connectivity index (χ3v) is 4.00. The first-order valence-corrected chi connectivity index (χ1v) is 7.82. The van der Waals surface area contributed by atoms with Crippen LogP contribution in [0, 0.1) is 0 Å². The normalized spacial score (nSPS) is 11.4. The first-order valence-electron chi connectivity index (χ1n) is 7.82. The predicted molar refractivity (Wildman–Crippen MR) is 94.0 cm³/mol. The van der Waals surface area contributed by atoms with Gasteiger partial charge in [-0.1, -0.05) is 0 Å². The van der Waals surface area contributed by atoms with E-state index in [4.69, 9.17) is 0 Å². The van der Waals surface area contributed by atoms with Gasteiger partial charge in [-0.15, -0.1) is 0 Å².